The number of carboxylic acids is 1. The molecule has 2 rings (SSSR count). The molecule has 9 heteroatoms. The normalized spacial score (nSPS) is 10.7. The van der Waals surface area contributed by atoms with Crippen LogP contribution in [0.2, 0.25) is 0 Å². The van der Waals surface area contributed by atoms with Crippen LogP contribution in [-0.2, 0) is 0 Å². The maximum atomic E-state index is 14.0. The van der Waals surface area contributed by atoms with Gasteiger partial charge in [0, 0.05) is 23.4 Å². The number of halogens is 3. The molecule has 0 atom stereocenters. The van der Waals surface area contributed by atoms with Crippen LogP contribution in [-0.4, -0.2) is 21.0 Å². The van der Waals surface area contributed by atoms with Crippen molar-refractivity contribution in [3.63, 3.8) is 0 Å². The number of aromatic nitrogens is 1. The molecule has 0 aliphatic rings. The number of non-ortho nitro benzene ring substituents is 1. The second-order valence-electron chi connectivity index (χ2n) is 4.18. The summed E-state index contributed by atoms with van der Waals surface area (Å²) >= 11 is 0. The van der Waals surface area contributed by atoms with Crippen LogP contribution in [0.15, 0.2) is 30.5 Å². The summed E-state index contributed by atoms with van der Waals surface area (Å²) in [7, 11) is 0. The Morgan fingerprint density at radius 1 is 1.32 bits per heavy atom. The van der Waals surface area contributed by atoms with Crippen LogP contribution in [0.1, 0.15) is 22.5 Å². The largest absolute Gasteiger partial charge is 0.478 e. The number of nitrogens with zero attached hydrogens (tertiary/aromatic N) is 2. The summed E-state index contributed by atoms with van der Waals surface area (Å²) in [6.07, 6.45) is -1.94. The summed E-state index contributed by atoms with van der Waals surface area (Å²) in [6, 6.07) is 3.25. The van der Waals surface area contributed by atoms with Crippen LogP contribution < -0.4 is 0 Å². The third kappa shape index (κ3) is 2.87. The van der Waals surface area contributed by atoms with Gasteiger partial charge in [-0.05, 0) is 6.07 Å². The molecule has 1 heterocycles. The number of carbonyl (C=O) groups is 1. The maximum absolute atomic E-state index is 14.0. The SMILES string of the molecule is O=C(O)c1cc([N+](=O)[O-])cc(F)c1-c1ccc(C(F)F)nc1. The summed E-state index contributed by atoms with van der Waals surface area (Å²) in [4.78, 5) is 24.3. The Morgan fingerprint density at radius 3 is 2.45 bits per heavy atom. The van der Waals surface area contributed by atoms with Crippen molar-refractivity contribution in [1.29, 1.82) is 0 Å². The molecule has 1 aromatic carbocycles. The van der Waals surface area contributed by atoms with E-state index >= 15 is 0 Å². The molecule has 0 unspecified atom stereocenters. The van der Waals surface area contributed by atoms with E-state index in [1.165, 1.54) is 0 Å². The zero-order valence-corrected chi connectivity index (χ0v) is 10.7. The first kappa shape index (κ1) is 15.4. The molecule has 0 fully saturated rings. The lowest BCUT2D eigenvalue weighted by molar-refractivity contribution is -0.385. The van der Waals surface area contributed by atoms with Gasteiger partial charge < -0.3 is 5.11 Å². The second kappa shape index (κ2) is 5.80. The highest BCUT2D eigenvalue weighted by Crippen LogP contribution is 2.31. The van der Waals surface area contributed by atoms with E-state index in [1.54, 1.807) is 0 Å². The van der Waals surface area contributed by atoms with Crippen molar-refractivity contribution in [3.8, 4) is 11.1 Å². The van der Waals surface area contributed by atoms with Crippen LogP contribution in [0.5, 0.6) is 0 Å². The summed E-state index contributed by atoms with van der Waals surface area (Å²) < 4.78 is 38.9. The zero-order chi connectivity index (χ0) is 16.4. The molecule has 1 aromatic heterocycles. The lowest BCUT2D eigenvalue weighted by Gasteiger charge is -2.08. The average molecular weight is 312 g/mol. The standard InChI is InChI=1S/C13H7F3N2O4/c14-9-4-7(18(21)22)3-8(13(19)20)11(9)6-1-2-10(12(15)16)17-5-6/h1-5,12H,(H,19,20). The molecule has 0 amide bonds. The molecule has 22 heavy (non-hydrogen) atoms. The quantitative estimate of drug-likeness (QED) is 0.689. The van der Waals surface area contributed by atoms with Gasteiger partial charge in [0.25, 0.3) is 12.1 Å². The molecule has 0 aliphatic heterocycles. The summed E-state index contributed by atoms with van der Waals surface area (Å²) in [5.41, 5.74) is -2.46. The van der Waals surface area contributed by atoms with E-state index in [4.69, 9.17) is 5.11 Å². The Labute approximate surface area is 121 Å². The molecule has 0 saturated carbocycles. The first-order valence-corrected chi connectivity index (χ1v) is 5.77. The fourth-order valence-corrected chi connectivity index (χ4v) is 1.84. The number of aromatic carboxylic acids is 1. The number of rotatable bonds is 4. The number of nitro groups is 1. The first-order chi connectivity index (χ1) is 10.3. The molecule has 0 radical (unpaired) electrons. The minimum Gasteiger partial charge on any atom is -0.478 e. The monoisotopic (exact) mass is 312 g/mol. The Hall–Kier alpha value is -2.97. The number of pyridine rings is 1. The molecule has 2 aromatic rings. The van der Waals surface area contributed by atoms with E-state index in [9.17, 15) is 28.1 Å². The summed E-state index contributed by atoms with van der Waals surface area (Å²) in [6.45, 7) is 0. The van der Waals surface area contributed by atoms with Crippen LogP contribution >= 0.6 is 0 Å². The Balaban J connectivity index is 2.63. The van der Waals surface area contributed by atoms with Crippen LogP contribution in [0.3, 0.4) is 0 Å². The van der Waals surface area contributed by atoms with Crippen molar-refractivity contribution in [3.05, 3.63) is 57.7 Å². The van der Waals surface area contributed by atoms with Crippen molar-refractivity contribution >= 4 is 11.7 Å². The number of nitro benzene ring substituents is 1. The van der Waals surface area contributed by atoms with Crippen LogP contribution in [0.25, 0.3) is 11.1 Å². The van der Waals surface area contributed by atoms with Crippen molar-refractivity contribution in [1.82, 2.24) is 4.98 Å². The number of carboxylic acid groups (broad SMARTS) is 1. The molecule has 114 valence electrons. The van der Waals surface area contributed by atoms with Gasteiger partial charge in [-0.3, -0.25) is 15.1 Å². The van der Waals surface area contributed by atoms with E-state index in [0.29, 0.717) is 12.1 Å². The van der Waals surface area contributed by atoms with Gasteiger partial charge in [-0.1, -0.05) is 6.07 Å². The van der Waals surface area contributed by atoms with Crippen LogP contribution in [0, 0.1) is 15.9 Å². The lowest BCUT2D eigenvalue weighted by atomic mass is 9.99. The van der Waals surface area contributed by atoms with Crippen molar-refractivity contribution in [2.45, 2.75) is 6.43 Å². The number of hydrogen-bond donors (Lipinski definition) is 1. The lowest BCUT2D eigenvalue weighted by Crippen LogP contribution is -2.04. The number of alkyl halides is 2. The van der Waals surface area contributed by atoms with E-state index in [2.05, 4.69) is 4.98 Å². The Kier molecular flexibility index (Phi) is 4.06. The first-order valence-electron chi connectivity index (χ1n) is 5.77. The molecule has 6 nitrogen and oxygen atoms in total. The van der Waals surface area contributed by atoms with E-state index < -0.39 is 45.6 Å². The third-order valence-corrected chi connectivity index (χ3v) is 2.81. The van der Waals surface area contributed by atoms with Crippen LogP contribution in [0.4, 0.5) is 18.9 Å². The molecule has 0 saturated heterocycles. The maximum Gasteiger partial charge on any atom is 0.336 e. The highest BCUT2D eigenvalue weighted by Gasteiger charge is 2.22. The molecule has 0 bridgehead atoms. The molecular formula is C13H7F3N2O4. The molecule has 0 spiro atoms. The summed E-state index contributed by atoms with van der Waals surface area (Å²) in [5.74, 6) is -2.74. The van der Waals surface area contributed by atoms with E-state index in [1.807, 2.05) is 0 Å². The second-order valence-corrected chi connectivity index (χ2v) is 4.18. The smallest absolute Gasteiger partial charge is 0.336 e. The fourth-order valence-electron chi connectivity index (χ4n) is 1.84. The van der Waals surface area contributed by atoms with Gasteiger partial charge in [0.05, 0.1) is 16.6 Å². The zero-order valence-electron chi connectivity index (χ0n) is 10.7. The fraction of sp³-hybridized carbons (Fsp3) is 0.0769. The van der Waals surface area contributed by atoms with Gasteiger partial charge in [-0.2, -0.15) is 0 Å². The van der Waals surface area contributed by atoms with Gasteiger partial charge in [0.15, 0.2) is 0 Å². The van der Waals surface area contributed by atoms with Gasteiger partial charge >= 0.3 is 5.97 Å². The van der Waals surface area contributed by atoms with Crippen molar-refractivity contribution in [2.75, 3.05) is 0 Å². The van der Waals surface area contributed by atoms with E-state index in [0.717, 1.165) is 18.3 Å². The van der Waals surface area contributed by atoms with Gasteiger partial charge in [-0.25, -0.2) is 18.0 Å². The predicted octanol–water partition coefficient (Wildman–Crippen LogP) is 3.43. The third-order valence-electron chi connectivity index (χ3n) is 2.81. The highest BCUT2D eigenvalue weighted by molar-refractivity contribution is 5.97. The Morgan fingerprint density at radius 2 is 2.00 bits per heavy atom. The van der Waals surface area contributed by atoms with Gasteiger partial charge in [0.2, 0.25) is 0 Å². The molecule has 1 N–H and O–H groups in total. The number of hydrogen-bond acceptors (Lipinski definition) is 4. The number of benzene rings is 1. The van der Waals surface area contributed by atoms with Crippen molar-refractivity contribution < 1.29 is 28.0 Å². The van der Waals surface area contributed by atoms with Gasteiger partial charge in [-0.15, -0.1) is 0 Å². The Bertz CT molecular complexity index is 748. The minimum atomic E-state index is -2.82. The van der Waals surface area contributed by atoms with Gasteiger partial charge in [0.1, 0.15) is 11.5 Å². The topological polar surface area (TPSA) is 93.3 Å². The molecule has 0 aliphatic carbocycles. The van der Waals surface area contributed by atoms with Crippen molar-refractivity contribution in [2.24, 2.45) is 0 Å². The molecular weight excluding hydrogens is 305 g/mol. The minimum absolute atomic E-state index is 0.0748. The summed E-state index contributed by atoms with van der Waals surface area (Å²) in [5, 5.41) is 19.7. The predicted molar refractivity (Wildman–Crippen MR) is 68.2 cm³/mol. The highest BCUT2D eigenvalue weighted by atomic mass is 19.3. The van der Waals surface area contributed by atoms with E-state index in [-0.39, 0.29) is 5.56 Å². The average Bonchev–Trinajstić information content (AvgIpc) is 2.46.